The maximum Gasteiger partial charge on any atom is 0.213 e. The Bertz CT molecular complexity index is 429. The number of hydrogen-bond acceptors (Lipinski definition) is 3. The summed E-state index contributed by atoms with van der Waals surface area (Å²) >= 11 is 0. The highest BCUT2D eigenvalue weighted by Gasteiger charge is 2.21. The highest BCUT2D eigenvalue weighted by Crippen LogP contribution is 2.29. The van der Waals surface area contributed by atoms with Crippen LogP contribution >= 0.6 is 24.0 Å². The van der Waals surface area contributed by atoms with Crippen molar-refractivity contribution in [2.24, 2.45) is 16.6 Å². The summed E-state index contributed by atoms with van der Waals surface area (Å²) in [5.74, 6) is 1.89. The monoisotopic (exact) mass is 390 g/mol. The summed E-state index contributed by atoms with van der Waals surface area (Å²) in [7, 11) is 0. The van der Waals surface area contributed by atoms with E-state index >= 15 is 0 Å². The van der Waals surface area contributed by atoms with E-state index in [0.717, 1.165) is 18.1 Å². The number of rotatable bonds is 6. The Hall–Kier alpha value is -1.05. The van der Waals surface area contributed by atoms with Gasteiger partial charge in [0, 0.05) is 18.3 Å². The van der Waals surface area contributed by atoms with Gasteiger partial charge in [-0.25, -0.2) is 9.98 Å². The molecule has 1 fully saturated rings. The van der Waals surface area contributed by atoms with Crippen molar-refractivity contribution in [2.45, 2.75) is 39.3 Å². The Morgan fingerprint density at radius 1 is 1.50 bits per heavy atom. The van der Waals surface area contributed by atoms with Gasteiger partial charge in [0.05, 0.1) is 13.2 Å². The highest BCUT2D eigenvalue weighted by atomic mass is 127. The van der Waals surface area contributed by atoms with Gasteiger partial charge < -0.3 is 15.8 Å². The van der Waals surface area contributed by atoms with Crippen LogP contribution in [0.15, 0.2) is 23.3 Å². The van der Waals surface area contributed by atoms with E-state index in [0.29, 0.717) is 24.4 Å². The third-order valence-corrected chi connectivity index (χ3v) is 2.83. The van der Waals surface area contributed by atoms with Crippen molar-refractivity contribution in [1.82, 2.24) is 10.3 Å². The third-order valence-electron chi connectivity index (χ3n) is 2.83. The number of nitrogens with zero attached hydrogens (tertiary/aromatic N) is 2. The minimum absolute atomic E-state index is 0. The molecule has 0 aliphatic heterocycles. The number of nitrogens with two attached hydrogens (primary N) is 1. The fraction of sp³-hybridized carbons (Fsp3) is 0.571. The lowest BCUT2D eigenvalue weighted by molar-refractivity contribution is 0.288. The predicted octanol–water partition coefficient (Wildman–Crippen LogP) is 2.30. The predicted molar refractivity (Wildman–Crippen MR) is 91.5 cm³/mol. The second-order valence-corrected chi connectivity index (χ2v) is 5.26. The van der Waals surface area contributed by atoms with Crippen molar-refractivity contribution in [3.8, 4) is 5.88 Å². The topological polar surface area (TPSA) is 72.5 Å². The van der Waals surface area contributed by atoms with Crippen LogP contribution in [0.3, 0.4) is 0 Å². The molecular formula is C14H23IN4O. The summed E-state index contributed by atoms with van der Waals surface area (Å²) < 4.78 is 5.58. The van der Waals surface area contributed by atoms with Gasteiger partial charge in [0.2, 0.25) is 5.88 Å². The zero-order chi connectivity index (χ0) is 13.7. The zero-order valence-electron chi connectivity index (χ0n) is 12.0. The van der Waals surface area contributed by atoms with E-state index in [9.17, 15) is 0 Å². The Balaban J connectivity index is 0.00000200. The van der Waals surface area contributed by atoms with Crippen molar-refractivity contribution in [2.75, 3.05) is 6.61 Å². The molecule has 20 heavy (non-hydrogen) atoms. The van der Waals surface area contributed by atoms with Crippen molar-refractivity contribution in [1.29, 1.82) is 0 Å². The molecule has 6 heteroatoms. The van der Waals surface area contributed by atoms with Gasteiger partial charge in [-0.15, -0.1) is 24.0 Å². The van der Waals surface area contributed by atoms with Gasteiger partial charge in [0.25, 0.3) is 0 Å². The van der Waals surface area contributed by atoms with Crippen molar-refractivity contribution >= 4 is 29.9 Å². The van der Waals surface area contributed by atoms with Crippen LogP contribution in [0, 0.1) is 5.92 Å². The maximum atomic E-state index is 5.73. The van der Waals surface area contributed by atoms with Crippen LogP contribution < -0.4 is 15.8 Å². The van der Waals surface area contributed by atoms with Gasteiger partial charge in [0.15, 0.2) is 5.96 Å². The van der Waals surface area contributed by atoms with Crippen LogP contribution in [0.2, 0.25) is 0 Å². The largest absolute Gasteiger partial charge is 0.477 e. The van der Waals surface area contributed by atoms with E-state index in [1.165, 1.54) is 12.8 Å². The zero-order valence-corrected chi connectivity index (χ0v) is 14.3. The van der Waals surface area contributed by atoms with E-state index in [1.54, 1.807) is 6.20 Å². The van der Waals surface area contributed by atoms with Crippen LogP contribution in [-0.4, -0.2) is 23.6 Å². The lowest BCUT2D eigenvalue weighted by Crippen LogP contribution is -2.36. The first-order valence-corrected chi connectivity index (χ1v) is 6.77. The van der Waals surface area contributed by atoms with E-state index in [1.807, 2.05) is 26.0 Å². The van der Waals surface area contributed by atoms with Gasteiger partial charge in [-0.05, 0) is 38.2 Å². The Kier molecular flexibility index (Phi) is 7.04. The van der Waals surface area contributed by atoms with Gasteiger partial charge >= 0.3 is 0 Å². The van der Waals surface area contributed by atoms with Crippen LogP contribution in [0.25, 0.3) is 0 Å². The average Bonchev–Trinajstić information content (AvgIpc) is 3.18. The number of ether oxygens (including phenoxy) is 1. The van der Waals surface area contributed by atoms with Crippen LogP contribution in [0.4, 0.5) is 0 Å². The fourth-order valence-corrected chi connectivity index (χ4v) is 1.60. The van der Waals surface area contributed by atoms with Crippen molar-refractivity contribution in [3.63, 3.8) is 0 Å². The second-order valence-electron chi connectivity index (χ2n) is 5.26. The second kappa shape index (κ2) is 8.28. The first-order chi connectivity index (χ1) is 9.13. The molecule has 1 aromatic rings. The number of nitrogens with one attached hydrogen (secondary N) is 1. The Labute approximate surface area is 137 Å². The highest BCUT2D eigenvalue weighted by molar-refractivity contribution is 14.0. The molecule has 0 aromatic carbocycles. The molecule has 1 heterocycles. The average molecular weight is 390 g/mol. The van der Waals surface area contributed by atoms with E-state index in [2.05, 4.69) is 15.3 Å². The number of aliphatic imine (C=N–C) groups is 1. The van der Waals surface area contributed by atoms with E-state index in [-0.39, 0.29) is 24.0 Å². The molecule has 0 saturated heterocycles. The number of halogens is 1. The number of guanidine groups is 1. The molecule has 0 bridgehead atoms. The molecule has 2 rings (SSSR count). The summed E-state index contributed by atoms with van der Waals surface area (Å²) in [6.07, 6.45) is 4.36. The molecule has 1 saturated carbocycles. The molecule has 0 amide bonds. The van der Waals surface area contributed by atoms with Gasteiger partial charge in [-0.1, -0.05) is 6.07 Å². The SMILES string of the molecule is CC(C)NC(N)=NCc1ccc(OCC2CC2)nc1.I. The fourth-order valence-electron chi connectivity index (χ4n) is 1.60. The van der Waals surface area contributed by atoms with Gasteiger partial charge in [-0.3, -0.25) is 0 Å². The lowest BCUT2D eigenvalue weighted by Gasteiger charge is -2.08. The number of pyridine rings is 1. The molecule has 0 radical (unpaired) electrons. The normalized spacial score (nSPS) is 14.8. The molecule has 0 atom stereocenters. The standard InChI is InChI=1S/C14H22N4O.HI/c1-10(2)18-14(15)17-8-12-5-6-13(16-7-12)19-9-11-3-4-11;/h5-7,10-11H,3-4,8-9H2,1-2H3,(H3,15,17,18);1H. The first-order valence-electron chi connectivity index (χ1n) is 6.77. The summed E-state index contributed by atoms with van der Waals surface area (Å²) in [5.41, 5.74) is 6.75. The maximum absolute atomic E-state index is 5.73. The molecule has 3 N–H and O–H groups in total. The van der Waals surface area contributed by atoms with E-state index < -0.39 is 0 Å². The molecular weight excluding hydrogens is 367 g/mol. The molecule has 5 nitrogen and oxygen atoms in total. The Morgan fingerprint density at radius 2 is 2.25 bits per heavy atom. The van der Waals surface area contributed by atoms with Crippen molar-refractivity contribution in [3.05, 3.63) is 23.9 Å². The van der Waals surface area contributed by atoms with Crippen LogP contribution in [0.5, 0.6) is 5.88 Å². The molecule has 1 aliphatic carbocycles. The lowest BCUT2D eigenvalue weighted by atomic mass is 10.3. The molecule has 0 spiro atoms. The van der Waals surface area contributed by atoms with E-state index in [4.69, 9.17) is 10.5 Å². The first kappa shape index (κ1) is 17.0. The molecule has 112 valence electrons. The molecule has 1 aliphatic rings. The summed E-state index contributed by atoms with van der Waals surface area (Å²) in [6, 6.07) is 4.15. The minimum Gasteiger partial charge on any atom is -0.477 e. The quantitative estimate of drug-likeness (QED) is 0.444. The summed E-state index contributed by atoms with van der Waals surface area (Å²) in [6.45, 7) is 5.36. The minimum atomic E-state index is 0. The Morgan fingerprint density at radius 3 is 2.80 bits per heavy atom. The third kappa shape index (κ3) is 6.40. The number of aromatic nitrogens is 1. The van der Waals surface area contributed by atoms with Crippen LogP contribution in [0.1, 0.15) is 32.3 Å². The van der Waals surface area contributed by atoms with Gasteiger partial charge in [-0.2, -0.15) is 0 Å². The summed E-state index contributed by atoms with van der Waals surface area (Å²) in [4.78, 5) is 8.52. The smallest absolute Gasteiger partial charge is 0.213 e. The summed E-state index contributed by atoms with van der Waals surface area (Å²) in [5, 5.41) is 3.05. The number of hydrogen-bond donors (Lipinski definition) is 2. The van der Waals surface area contributed by atoms with Gasteiger partial charge in [0.1, 0.15) is 0 Å². The van der Waals surface area contributed by atoms with Crippen LogP contribution in [-0.2, 0) is 6.54 Å². The molecule has 0 unspecified atom stereocenters. The van der Waals surface area contributed by atoms with Crippen molar-refractivity contribution < 1.29 is 4.74 Å². The molecule has 1 aromatic heterocycles.